The Hall–Kier alpha value is -1.14. The molecule has 0 radical (unpaired) electrons. The molecule has 0 bridgehead atoms. The van der Waals surface area contributed by atoms with Crippen molar-refractivity contribution in [2.45, 2.75) is 32.5 Å². The monoisotopic (exact) mass is 233 g/mol. The van der Waals surface area contributed by atoms with E-state index >= 15 is 0 Å². The van der Waals surface area contributed by atoms with Crippen molar-refractivity contribution in [2.24, 2.45) is 0 Å². The fourth-order valence-electron chi connectivity index (χ4n) is 0.998. The van der Waals surface area contributed by atoms with Gasteiger partial charge in [-0.25, -0.2) is 4.79 Å². The number of hydrogen-bond acceptors (Lipinski definition) is 4. The van der Waals surface area contributed by atoms with E-state index in [1.165, 1.54) is 13.8 Å². The second-order valence-corrected chi connectivity index (χ2v) is 3.40. The summed E-state index contributed by atoms with van der Waals surface area (Å²) in [5.74, 6) is -1.40. The molecule has 0 aromatic heterocycles. The van der Waals surface area contributed by atoms with E-state index < -0.39 is 18.2 Å². The number of rotatable bonds is 8. The van der Waals surface area contributed by atoms with Gasteiger partial charge < -0.3 is 19.9 Å². The molecule has 0 rings (SSSR count). The summed E-state index contributed by atoms with van der Waals surface area (Å²) >= 11 is 0. The smallest absolute Gasteiger partial charge is 0.332 e. The summed E-state index contributed by atoms with van der Waals surface area (Å²) in [4.78, 5) is 21.9. The second kappa shape index (κ2) is 8.06. The van der Waals surface area contributed by atoms with Gasteiger partial charge in [0.2, 0.25) is 5.91 Å². The molecular weight excluding hydrogens is 214 g/mol. The first-order valence-corrected chi connectivity index (χ1v) is 5.14. The van der Waals surface area contributed by atoms with Crippen LogP contribution in [0.3, 0.4) is 0 Å². The van der Waals surface area contributed by atoms with Gasteiger partial charge in [-0.1, -0.05) is 0 Å². The van der Waals surface area contributed by atoms with Gasteiger partial charge in [0.15, 0.2) is 6.10 Å². The largest absolute Gasteiger partial charge is 0.479 e. The van der Waals surface area contributed by atoms with Crippen LogP contribution in [0.2, 0.25) is 0 Å². The highest BCUT2D eigenvalue weighted by molar-refractivity contribution is 5.81. The lowest BCUT2D eigenvalue weighted by molar-refractivity contribution is -0.155. The van der Waals surface area contributed by atoms with Crippen LogP contribution in [0.4, 0.5) is 0 Å². The summed E-state index contributed by atoms with van der Waals surface area (Å²) < 4.78 is 9.81. The fraction of sp³-hybridized carbons (Fsp3) is 0.800. The van der Waals surface area contributed by atoms with Crippen LogP contribution in [0.5, 0.6) is 0 Å². The third kappa shape index (κ3) is 6.36. The second-order valence-electron chi connectivity index (χ2n) is 3.40. The first-order valence-electron chi connectivity index (χ1n) is 5.14. The van der Waals surface area contributed by atoms with Crippen LogP contribution in [0.15, 0.2) is 0 Å². The highest BCUT2D eigenvalue weighted by Gasteiger charge is 2.20. The lowest BCUT2D eigenvalue weighted by atomic mass is 10.3. The van der Waals surface area contributed by atoms with E-state index in [1.54, 1.807) is 7.11 Å². The van der Waals surface area contributed by atoms with Gasteiger partial charge in [-0.2, -0.15) is 0 Å². The highest BCUT2D eigenvalue weighted by Crippen LogP contribution is 1.98. The van der Waals surface area contributed by atoms with Crippen molar-refractivity contribution in [1.29, 1.82) is 0 Å². The van der Waals surface area contributed by atoms with Crippen LogP contribution in [0, 0.1) is 0 Å². The van der Waals surface area contributed by atoms with Gasteiger partial charge in [0.25, 0.3) is 0 Å². The van der Waals surface area contributed by atoms with Gasteiger partial charge in [0.05, 0.1) is 0 Å². The highest BCUT2D eigenvalue weighted by atomic mass is 16.5. The molecule has 0 saturated heterocycles. The van der Waals surface area contributed by atoms with Crippen molar-refractivity contribution >= 4 is 11.9 Å². The lowest BCUT2D eigenvalue weighted by Gasteiger charge is -2.15. The topological polar surface area (TPSA) is 84.9 Å². The molecular formula is C10H19NO5. The Kier molecular flexibility index (Phi) is 7.49. The molecule has 0 spiro atoms. The minimum atomic E-state index is -1.08. The number of ether oxygens (including phenoxy) is 2. The number of hydrogen-bond donors (Lipinski definition) is 2. The van der Waals surface area contributed by atoms with Crippen LogP contribution in [0.1, 0.15) is 20.3 Å². The summed E-state index contributed by atoms with van der Waals surface area (Å²) in [7, 11) is 1.59. The third-order valence-electron chi connectivity index (χ3n) is 1.95. The molecule has 2 N–H and O–H groups in total. The third-order valence-corrected chi connectivity index (χ3v) is 1.95. The van der Waals surface area contributed by atoms with Gasteiger partial charge >= 0.3 is 5.97 Å². The van der Waals surface area contributed by atoms with Crippen molar-refractivity contribution in [1.82, 2.24) is 5.32 Å². The number of amides is 1. The van der Waals surface area contributed by atoms with Crippen molar-refractivity contribution in [3.05, 3.63) is 0 Å². The molecule has 0 saturated carbocycles. The molecule has 0 aliphatic carbocycles. The lowest BCUT2D eigenvalue weighted by Crippen LogP contribution is -2.38. The zero-order chi connectivity index (χ0) is 12.6. The summed E-state index contributed by atoms with van der Waals surface area (Å²) in [5, 5.41) is 11.2. The zero-order valence-corrected chi connectivity index (χ0v) is 9.86. The maximum absolute atomic E-state index is 11.4. The van der Waals surface area contributed by atoms with Gasteiger partial charge in [0.1, 0.15) is 6.10 Å². The van der Waals surface area contributed by atoms with Crippen LogP contribution in [0.25, 0.3) is 0 Å². The van der Waals surface area contributed by atoms with E-state index in [2.05, 4.69) is 5.32 Å². The molecule has 0 fully saturated rings. The maximum atomic E-state index is 11.4. The van der Waals surface area contributed by atoms with Crippen LogP contribution >= 0.6 is 0 Å². The standard InChI is InChI=1S/C10H19NO5/c1-7(16-8(2)10(13)14)9(12)11-5-4-6-15-3/h7-8H,4-6H2,1-3H3,(H,11,12)(H,13,14)/t7?,8-/m0/s1. The van der Waals surface area contributed by atoms with Crippen LogP contribution in [-0.2, 0) is 19.1 Å². The number of carbonyl (C=O) groups excluding carboxylic acids is 1. The molecule has 6 nitrogen and oxygen atoms in total. The Labute approximate surface area is 94.9 Å². The zero-order valence-electron chi connectivity index (χ0n) is 9.86. The molecule has 16 heavy (non-hydrogen) atoms. The molecule has 0 aliphatic heterocycles. The van der Waals surface area contributed by atoms with E-state index in [0.717, 1.165) is 0 Å². The average Bonchev–Trinajstić information content (AvgIpc) is 2.23. The van der Waals surface area contributed by atoms with Crippen molar-refractivity contribution < 1.29 is 24.2 Å². The molecule has 2 atom stereocenters. The molecule has 6 heteroatoms. The minimum absolute atomic E-state index is 0.316. The first-order chi connectivity index (χ1) is 7.49. The predicted molar refractivity (Wildman–Crippen MR) is 57.1 cm³/mol. The number of aliphatic carboxylic acids is 1. The maximum Gasteiger partial charge on any atom is 0.332 e. The summed E-state index contributed by atoms with van der Waals surface area (Å²) in [5.41, 5.74) is 0. The summed E-state index contributed by atoms with van der Waals surface area (Å²) in [6, 6.07) is 0. The van der Waals surface area contributed by atoms with E-state index in [-0.39, 0.29) is 5.91 Å². The average molecular weight is 233 g/mol. The van der Waals surface area contributed by atoms with Crippen LogP contribution < -0.4 is 5.32 Å². The summed E-state index contributed by atoms with van der Waals surface area (Å²) in [6.45, 7) is 3.96. The van der Waals surface area contributed by atoms with Gasteiger partial charge in [-0.15, -0.1) is 0 Å². The Morgan fingerprint density at radius 3 is 2.44 bits per heavy atom. The van der Waals surface area contributed by atoms with E-state index in [0.29, 0.717) is 19.6 Å². The molecule has 1 amide bonds. The van der Waals surface area contributed by atoms with Gasteiger partial charge in [-0.05, 0) is 20.3 Å². The van der Waals surface area contributed by atoms with Crippen molar-refractivity contribution in [2.75, 3.05) is 20.3 Å². The number of carbonyl (C=O) groups is 2. The molecule has 1 unspecified atom stereocenters. The molecule has 0 heterocycles. The van der Waals surface area contributed by atoms with E-state index in [4.69, 9.17) is 14.6 Å². The van der Waals surface area contributed by atoms with Gasteiger partial charge in [-0.3, -0.25) is 4.79 Å². The summed E-state index contributed by atoms with van der Waals surface area (Å²) in [6.07, 6.45) is -1.04. The number of nitrogens with one attached hydrogen (secondary N) is 1. The Balaban J connectivity index is 3.77. The molecule has 94 valence electrons. The van der Waals surface area contributed by atoms with E-state index in [9.17, 15) is 9.59 Å². The first kappa shape index (κ1) is 14.9. The minimum Gasteiger partial charge on any atom is -0.479 e. The van der Waals surface area contributed by atoms with Crippen molar-refractivity contribution in [3.63, 3.8) is 0 Å². The normalized spacial score (nSPS) is 14.2. The predicted octanol–water partition coefficient (Wildman–Crippen LogP) is 0.0173. The molecule has 0 aliphatic rings. The quantitative estimate of drug-likeness (QED) is 0.577. The Morgan fingerprint density at radius 1 is 1.31 bits per heavy atom. The molecule has 0 aromatic carbocycles. The SMILES string of the molecule is COCCCNC(=O)C(C)O[C@@H](C)C(=O)O. The van der Waals surface area contributed by atoms with Crippen LogP contribution in [-0.4, -0.2) is 49.5 Å². The Morgan fingerprint density at radius 2 is 1.94 bits per heavy atom. The van der Waals surface area contributed by atoms with Crippen molar-refractivity contribution in [3.8, 4) is 0 Å². The fourth-order valence-corrected chi connectivity index (χ4v) is 0.998. The van der Waals surface area contributed by atoms with Gasteiger partial charge in [0, 0.05) is 20.3 Å². The number of carboxylic acids is 1. The molecule has 0 aromatic rings. The number of methoxy groups -OCH3 is 1. The van der Waals surface area contributed by atoms with E-state index in [1.807, 2.05) is 0 Å². The Bertz CT molecular complexity index is 231. The number of carboxylic acid groups (broad SMARTS) is 1.